The topological polar surface area (TPSA) is 223 Å². The Morgan fingerprint density at radius 2 is 2.03 bits per heavy atom. The number of thiazole rings is 2. The molecule has 2 aliphatic heterocycles. The van der Waals surface area contributed by atoms with Crippen molar-refractivity contribution in [2.45, 2.75) is 26.1 Å². The number of carbonyl (C=O) groups excluding carboxylic acids is 2. The van der Waals surface area contributed by atoms with E-state index in [0.717, 1.165) is 28.9 Å². The van der Waals surface area contributed by atoms with Gasteiger partial charge in [0.15, 0.2) is 16.0 Å². The molecule has 4 rings (SSSR count). The Morgan fingerprint density at radius 3 is 2.65 bits per heavy atom. The van der Waals surface area contributed by atoms with Gasteiger partial charge in [0, 0.05) is 30.3 Å². The third-order valence-electron chi connectivity index (χ3n) is 5.34. The maximum Gasteiger partial charge on any atom is 0.322 e. The van der Waals surface area contributed by atoms with Crippen molar-refractivity contribution >= 4 is 103 Å². The minimum atomic E-state index is -1.33. The molecule has 200 valence electrons. The van der Waals surface area contributed by atoms with Crippen LogP contribution in [0, 0.1) is 0 Å². The van der Waals surface area contributed by atoms with E-state index in [-0.39, 0.29) is 27.5 Å². The summed E-state index contributed by atoms with van der Waals surface area (Å²) in [6, 6.07) is -0.942. The van der Waals surface area contributed by atoms with Crippen molar-refractivity contribution in [1.82, 2.24) is 20.2 Å². The quantitative estimate of drug-likeness (QED) is 0.0708. The predicted molar refractivity (Wildman–Crippen MR) is 148 cm³/mol. The summed E-state index contributed by atoms with van der Waals surface area (Å²) in [5.74, 6) is -0.960. The number of carbonyl (C=O) groups is 3. The number of amides is 2. The maximum absolute atomic E-state index is 12.9. The number of aromatic nitrogens is 2. The molecule has 19 heteroatoms. The molecule has 2 aliphatic rings. The maximum atomic E-state index is 12.9. The lowest BCUT2D eigenvalue weighted by Crippen LogP contribution is -2.74. The molecule has 0 radical (unpaired) electrons. The second-order valence-electron chi connectivity index (χ2n) is 7.77. The SMILES string of the molecule is NCCSCc1nc(N)sc1SC1(C(=O)O)CS[C@@H]2[C@H](NC(=O)C(=NO)c3nc(N)sc3Cl)C(=O)N2C1. The zero-order chi connectivity index (χ0) is 26.9. The number of oxime groups is 1. The van der Waals surface area contributed by atoms with E-state index in [1.54, 1.807) is 11.8 Å². The Bertz CT molecular complexity index is 1260. The Balaban J connectivity index is 1.46. The van der Waals surface area contributed by atoms with Crippen molar-refractivity contribution < 1.29 is 24.7 Å². The number of nitrogens with two attached hydrogens (primary N) is 3. The highest BCUT2D eigenvalue weighted by Crippen LogP contribution is 2.49. The number of nitrogen functional groups attached to an aromatic ring is 2. The van der Waals surface area contributed by atoms with Crippen LogP contribution in [0.3, 0.4) is 0 Å². The first-order chi connectivity index (χ1) is 17.6. The smallest absolute Gasteiger partial charge is 0.322 e. The molecule has 2 saturated heterocycles. The van der Waals surface area contributed by atoms with Gasteiger partial charge in [-0.1, -0.05) is 51.2 Å². The molecule has 0 aromatic carbocycles. The van der Waals surface area contributed by atoms with Crippen LogP contribution in [0.2, 0.25) is 4.34 Å². The van der Waals surface area contributed by atoms with E-state index in [1.807, 2.05) is 0 Å². The lowest BCUT2D eigenvalue weighted by atomic mass is 10.0. The number of nitrogens with one attached hydrogen (secondary N) is 1. The number of carboxylic acid groups (broad SMARTS) is 1. The van der Waals surface area contributed by atoms with Crippen molar-refractivity contribution in [3.05, 3.63) is 15.7 Å². The van der Waals surface area contributed by atoms with Crippen molar-refractivity contribution in [2.24, 2.45) is 10.9 Å². The standard InChI is InChI=1S/C18H21ClN8O5S5/c19-10-7(25-17(22)35-10)8(26-32)11(28)24-9-12(29)27-4-18(15(30)31,5-34-13(9)27)37-14-6(3-33-2-1-20)23-16(21)36-14/h9,13,32H,1-5,20H2,(H2,21,23)(H2,22,25)(H,24,28)(H,30,31)/t9-,13-,18?/m1/s1. The van der Waals surface area contributed by atoms with E-state index < -0.39 is 39.7 Å². The summed E-state index contributed by atoms with van der Waals surface area (Å²) in [7, 11) is 0. The van der Waals surface area contributed by atoms with E-state index in [4.69, 9.17) is 28.8 Å². The van der Waals surface area contributed by atoms with Crippen LogP contribution in [0.25, 0.3) is 0 Å². The number of rotatable bonds is 10. The molecule has 0 aliphatic carbocycles. The Labute approximate surface area is 236 Å². The lowest BCUT2D eigenvalue weighted by molar-refractivity contribution is -0.151. The Hall–Kier alpha value is -1.96. The lowest BCUT2D eigenvalue weighted by Gasteiger charge is -2.53. The summed E-state index contributed by atoms with van der Waals surface area (Å²) in [6.45, 7) is 0.438. The van der Waals surface area contributed by atoms with Crippen molar-refractivity contribution in [2.75, 3.05) is 36.1 Å². The fourth-order valence-electron chi connectivity index (χ4n) is 3.62. The van der Waals surface area contributed by atoms with Gasteiger partial charge in [-0.3, -0.25) is 14.4 Å². The average molecular weight is 625 g/mol. The number of nitrogens with zero attached hydrogens (tertiary/aromatic N) is 4. The van der Waals surface area contributed by atoms with E-state index in [1.165, 1.54) is 28.0 Å². The molecule has 1 unspecified atom stereocenters. The summed E-state index contributed by atoms with van der Waals surface area (Å²) in [4.78, 5) is 47.8. The molecule has 9 N–H and O–H groups in total. The molecule has 2 amide bonds. The first kappa shape index (κ1) is 28.1. The van der Waals surface area contributed by atoms with E-state index in [2.05, 4.69) is 20.4 Å². The van der Waals surface area contributed by atoms with Crippen molar-refractivity contribution in [3.8, 4) is 0 Å². The van der Waals surface area contributed by atoms with Crippen LogP contribution in [0.15, 0.2) is 9.36 Å². The summed E-state index contributed by atoms with van der Waals surface area (Å²) in [6.07, 6.45) is 0. The molecule has 0 bridgehead atoms. The second kappa shape index (κ2) is 11.4. The monoisotopic (exact) mass is 624 g/mol. The number of aliphatic carboxylic acids is 1. The molecule has 2 aromatic heterocycles. The van der Waals surface area contributed by atoms with Gasteiger partial charge in [0.1, 0.15) is 26.2 Å². The fraction of sp³-hybridized carbons (Fsp3) is 0.444. The minimum Gasteiger partial charge on any atom is -0.480 e. The van der Waals surface area contributed by atoms with Crippen LogP contribution in [0.4, 0.5) is 10.3 Å². The van der Waals surface area contributed by atoms with Gasteiger partial charge in [0.05, 0.1) is 9.90 Å². The highest BCUT2D eigenvalue weighted by Gasteiger charge is 2.58. The molecular weight excluding hydrogens is 604 g/mol. The summed E-state index contributed by atoms with van der Waals surface area (Å²) in [5.41, 5.74) is 17.1. The number of halogens is 1. The van der Waals surface area contributed by atoms with Crippen LogP contribution in [0.1, 0.15) is 11.4 Å². The van der Waals surface area contributed by atoms with Crippen LogP contribution < -0.4 is 22.5 Å². The zero-order valence-corrected chi connectivity index (χ0v) is 23.6. The van der Waals surface area contributed by atoms with Gasteiger partial charge in [-0.15, -0.1) is 11.8 Å². The second-order valence-corrected chi connectivity index (χ2v) is 14.3. The van der Waals surface area contributed by atoms with Gasteiger partial charge in [-0.2, -0.15) is 11.8 Å². The zero-order valence-electron chi connectivity index (χ0n) is 18.7. The van der Waals surface area contributed by atoms with Gasteiger partial charge >= 0.3 is 5.97 Å². The first-order valence-corrected chi connectivity index (χ1v) is 15.5. The normalized spacial score (nSPS) is 23.5. The predicted octanol–water partition coefficient (Wildman–Crippen LogP) is 0.803. The number of carboxylic acids is 1. The van der Waals surface area contributed by atoms with E-state index in [9.17, 15) is 24.7 Å². The third kappa shape index (κ3) is 5.59. The van der Waals surface area contributed by atoms with Crippen LogP contribution in [-0.2, 0) is 20.1 Å². The molecule has 0 spiro atoms. The van der Waals surface area contributed by atoms with Crippen LogP contribution in [-0.4, -0.2) is 89.4 Å². The van der Waals surface area contributed by atoms with Gasteiger partial charge in [0.25, 0.3) is 5.91 Å². The molecule has 2 aromatic rings. The highest BCUT2D eigenvalue weighted by atomic mass is 35.5. The van der Waals surface area contributed by atoms with Crippen molar-refractivity contribution in [3.63, 3.8) is 0 Å². The Kier molecular flexibility index (Phi) is 8.66. The summed E-state index contributed by atoms with van der Waals surface area (Å²) < 4.78 is -0.590. The van der Waals surface area contributed by atoms with Crippen molar-refractivity contribution in [1.29, 1.82) is 0 Å². The molecule has 0 saturated carbocycles. The fourth-order valence-corrected chi connectivity index (χ4v) is 9.63. The molecule has 2 fully saturated rings. The molecular formula is C18H21ClN8O5S5. The van der Waals surface area contributed by atoms with E-state index >= 15 is 0 Å². The van der Waals surface area contributed by atoms with E-state index in [0.29, 0.717) is 27.3 Å². The summed E-state index contributed by atoms with van der Waals surface area (Å²) in [5, 5.41) is 24.9. The molecule has 37 heavy (non-hydrogen) atoms. The van der Waals surface area contributed by atoms with Gasteiger partial charge < -0.3 is 37.7 Å². The molecule has 4 heterocycles. The number of hydrogen-bond donors (Lipinski definition) is 6. The number of fused-ring (bicyclic) bond motifs is 1. The number of thioether (sulfide) groups is 3. The van der Waals surface area contributed by atoms with Gasteiger partial charge in [0.2, 0.25) is 5.91 Å². The van der Waals surface area contributed by atoms with Crippen LogP contribution >= 0.6 is 69.6 Å². The van der Waals surface area contributed by atoms with Crippen LogP contribution in [0.5, 0.6) is 0 Å². The summed E-state index contributed by atoms with van der Waals surface area (Å²) >= 11 is 12.1. The van der Waals surface area contributed by atoms with Gasteiger partial charge in [-0.05, 0) is 0 Å². The first-order valence-electron chi connectivity index (χ1n) is 10.4. The number of anilines is 2. The van der Waals surface area contributed by atoms with Gasteiger partial charge in [-0.25, -0.2) is 9.97 Å². The number of hydrogen-bond acceptors (Lipinski definition) is 15. The molecule has 13 nitrogen and oxygen atoms in total. The molecule has 3 atom stereocenters. The highest BCUT2D eigenvalue weighted by molar-refractivity contribution is 8.06. The largest absolute Gasteiger partial charge is 0.480 e. The number of β-lactam (4-membered cyclic amide) rings is 1. The minimum absolute atomic E-state index is 0.0572. The average Bonchev–Trinajstić information content (AvgIpc) is 3.37. The Morgan fingerprint density at radius 1 is 1.30 bits per heavy atom. The third-order valence-corrected chi connectivity index (χ3v) is 11.6.